The number of hydrogen-bond acceptors (Lipinski definition) is 5. The number of aliphatic imine (C=N–C) groups is 1. The predicted molar refractivity (Wildman–Crippen MR) is 104 cm³/mol. The van der Waals surface area contributed by atoms with E-state index in [-0.39, 0.29) is 5.92 Å². The lowest BCUT2D eigenvalue weighted by Gasteiger charge is -2.45. The summed E-state index contributed by atoms with van der Waals surface area (Å²) in [7, 11) is 0. The summed E-state index contributed by atoms with van der Waals surface area (Å²) in [5.74, 6) is -0.0611. The summed E-state index contributed by atoms with van der Waals surface area (Å²) in [6, 6.07) is 4.38. The van der Waals surface area contributed by atoms with Crippen LogP contribution in [-0.4, -0.2) is 28.8 Å². The Labute approximate surface area is 162 Å². The predicted octanol–water partition coefficient (Wildman–Crippen LogP) is 4.37. The summed E-state index contributed by atoms with van der Waals surface area (Å²) in [6.45, 7) is 5.31. The van der Waals surface area contributed by atoms with Gasteiger partial charge in [0.25, 0.3) is 0 Å². The first-order valence-electron chi connectivity index (χ1n) is 9.01. The second kappa shape index (κ2) is 7.30. The van der Waals surface area contributed by atoms with E-state index in [2.05, 4.69) is 5.32 Å². The van der Waals surface area contributed by atoms with E-state index in [1.165, 1.54) is 23.9 Å². The number of nitrogens with two attached hydrogens (primary N) is 1. The molecule has 5 nitrogen and oxygen atoms in total. The SMILES string of the molecule is CC(C)(C)OC(=O)NC1=N[C@@]2(c3cc(N)ccc3F)CC[C@H](F)C[C@H]2CS1. The van der Waals surface area contributed by atoms with Gasteiger partial charge in [0.05, 0.1) is 5.54 Å². The third-order valence-electron chi connectivity index (χ3n) is 4.84. The number of thioether (sulfide) groups is 1. The fraction of sp³-hybridized carbons (Fsp3) is 0.579. The molecule has 3 N–H and O–H groups in total. The van der Waals surface area contributed by atoms with Gasteiger partial charge in [-0.2, -0.15) is 0 Å². The first kappa shape index (κ1) is 19.9. The van der Waals surface area contributed by atoms with Crippen LogP contribution >= 0.6 is 11.8 Å². The molecule has 0 radical (unpaired) electrons. The van der Waals surface area contributed by atoms with Crippen LogP contribution in [0.25, 0.3) is 0 Å². The zero-order chi connectivity index (χ0) is 19.8. The maximum atomic E-state index is 14.7. The van der Waals surface area contributed by atoms with Gasteiger partial charge in [-0.1, -0.05) is 11.8 Å². The van der Waals surface area contributed by atoms with Crippen molar-refractivity contribution in [2.75, 3.05) is 11.5 Å². The Balaban J connectivity index is 1.97. The Hall–Kier alpha value is -1.83. The molecule has 0 saturated heterocycles. The molecule has 3 atom stereocenters. The Morgan fingerprint density at radius 1 is 1.44 bits per heavy atom. The van der Waals surface area contributed by atoms with Gasteiger partial charge in [-0.05, 0) is 58.2 Å². The van der Waals surface area contributed by atoms with Gasteiger partial charge in [0, 0.05) is 22.9 Å². The van der Waals surface area contributed by atoms with Gasteiger partial charge in [-0.3, -0.25) is 10.3 Å². The highest BCUT2D eigenvalue weighted by atomic mass is 32.2. The molecule has 27 heavy (non-hydrogen) atoms. The van der Waals surface area contributed by atoms with E-state index in [0.717, 1.165) is 0 Å². The zero-order valence-electron chi connectivity index (χ0n) is 15.7. The molecule has 1 aliphatic carbocycles. The Morgan fingerprint density at radius 3 is 2.89 bits per heavy atom. The summed E-state index contributed by atoms with van der Waals surface area (Å²) >= 11 is 1.33. The van der Waals surface area contributed by atoms with Crippen LogP contribution in [0.3, 0.4) is 0 Å². The van der Waals surface area contributed by atoms with E-state index >= 15 is 0 Å². The van der Waals surface area contributed by atoms with Gasteiger partial charge in [0.2, 0.25) is 0 Å². The number of amidine groups is 1. The topological polar surface area (TPSA) is 76.7 Å². The molecule has 0 unspecified atom stereocenters. The Bertz CT molecular complexity index is 766. The fourth-order valence-electron chi connectivity index (χ4n) is 3.69. The van der Waals surface area contributed by atoms with Crippen molar-refractivity contribution in [3.63, 3.8) is 0 Å². The molecule has 2 aliphatic rings. The van der Waals surface area contributed by atoms with Crippen LogP contribution in [0.15, 0.2) is 23.2 Å². The number of carbonyl (C=O) groups is 1. The van der Waals surface area contributed by atoms with E-state index in [9.17, 15) is 13.6 Å². The summed E-state index contributed by atoms with van der Waals surface area (Å²) < 4.78 is 34.0. The number of anilines is 1. The van der Waals surface area contributed by atoms with Gasteiger partial charge >= 0.3 is 6.09 Å². The molecule has 0 bridgehead atoms. The lowest BCUT2D eigenvalue weighted by Crippen LogP contribution is -2.47. The van der Waals surface area contributed by atoms with Crippen LogP contribution in [0.4, 0.5) is 19.3 Å². The normalized spacial score (nSPS) is 28.1. The third kappa shape index (κ3) is 4.36. The number of alkyl carbamates (subject to hydrolysis) is 1. The van der Waals surface area contributed by atoms with Crippen LogP contribution in [0.2, 0.25) is 0 Å². The number of benzene rings is 1. The molecule has 1 saturated carbocycles. The number of rotatable bonds is 1. The molecule has 0 spiro atoms. The Morgan fingerprint density at radius 2 is 2.19 bits per heavy atom. The minimum Gasteiger partial charge on any atom is -0.444 e. The van der Waals surface area contributed by atoms with Crippen LogP contribution in [0.5, 0.6) is 0 Å². The number of nitrogens with zero attached hydrogens (tertiary/aromatic N) is 1. The van der Waals surface area contributed by atoms with Crippen molar-refractivity contribution in [2.24, 2.45) is 10.9 Å². The number of fused-ring (bicyclic) bond motifs is 1. The molecule has 1 amide bonds. The van der Waals surface area contributed by atoms with E-state index in [1.54, 1.807) is 26.8 Å². The van der Waals surface area contributed by atoms with Gasteiger partial charge in [-0.25, -0.2) is 13.6 Å². The molecule has 1 aromatic rings. The zero-order valence-corrected chi connectivity index (χ0v) is 16.5. The second-order valence-corrected chi connectivity index (χ2v) is 9.10. The van der Waals surface area contributed by atoms with Crippen LogP contribution < -0.4 is 11.1 Å². The molecule has 1 aromatic carbocycles. The Kier molecular flexibility index (Phi) is 5.38. The summed E-state index contributed by atoms with van der Waals surface area (Å²) in [5, 5.41) is 3.01. The quantitative estimate of drug-likeness (QED) is 0.690. The van der Waals surface area contributed by atoms with Crippen molar-refractivity contribution in [3.05, 3.63) is 29.6 Å². The monoisotopic (exact) mass is 397 g/mol. The van der Waals surface area contributed by atoms with Gasteiger partial charge < -0.3 is 10.5 Å². The standard InChI is InChI=1S/C19H25F2N3O2S/c1-18(2,3)26-17(25)23-16-24-19(14-9-13(22)4-5-15(14)21)7-6-12(20)8-11(19)10-27-16/h4-5,9,11-12H,6-8,10,22H2,1-3H3,(H,23,24,25)/t11-,12-,19-/m0/s1. The second-order valence-electron chi connectivity index (χ2n) is 8.09. The van der Waals surface area contributed by atoms with Gasteiger partial charge in [-0.15, -0.1) is 0 Å². The molecule has 8 heteroatoms. The number of carbonyl (C=O) groups excluding carboxylic acids is 1. The number of halogens is 2. The molecule has 0 aromatic heterocycles. The maximum absolute atomic E-state index is 14.7. The summed E-state index contributed by atoms with van der Waals surface area (Å²) in [4.78, 5) is 16.8. The van der Waals surface area contributed by atoms with E-state index < -0.39 is 29.2 Å². The van der Waals surface area contributed by atoms with E-state index in [0.29, 0.717) is 41.4 Å². The average Bonchev–Trinajstić information content (AvgIpc) is 2.55. The molecular weight excluding hydrogens is 372 g/mol. The van der Waals surface area contributed by atoms with E-state index in [1.807, 2.05) is 0 Å². The molecule has 1 heterocycles. The minimum atomic E-state index is -0.933. The largest absolute Gasteiger partial charge is 0.444 e. The molecule has 148 valence electrons. The van der Waals surface area contributed by atoms with Crippen LogP contribution in [0.1, 0.15) is 45.6 Å². The lowest BCUT2D eigenvalue weighted by atomic mass is 9.69. The molecule has 3 rings (SSSR count). The number of alkyl halides is 1. The summed E-state index contributed by atoms with van der Waals surface area (Å²) in [6.07, 6.45) is -0.583. The number of amides is 1. The number of nitrogen functional groups attached to an aromatic ring is 1. The molecule has 1 aliphatic heterocycles. The maximum Gasteiger partial charge on any atom is 0.413 e. The van der Waals surface area contributed by atoms with Crippen molar-refractivity contribution in [1.29, 1.82) is 0 Å². The van der Waals surface area contributed by atoms with Crippen molar-refractivity contribution in [1.82, 2.24) is 5.32 Å². The molecule has 1 fully saturated rings. The number of ether oxygens (including phenoxy) is 1. The lowest BCUT2D eigenvalue weighted by molar-refractivity contribution is 0.0562. The highest BCUT2D eigenvalue weighted by Gasteiger charge is 2.49. The van der Waals surface area contributed by atoms with E-state index in [4.69, 9.17) is 15.5 Å². The van der Waals surface area contributed by atoms with Crippen LogP contribution in [-0.2, 0) is 10.3 Å². The number of nitrogens with one attached hydrogen (secondary N) is 1. The van der Waals surface area contributed by atoms with Crippen molar-refractivity contribution in [3.8, 4) is 0 Å². The first-order valence-corrected chi connectivity index (χ1v) is 10.00. The fourth-order valence-corrected chi connectivity index (χ4v) is 4.85. The third-order valence-corrected chi connectivity index (χ3v) is 5.88. The minimum absolute atomic E-state index is 0.174. The van der Waals surface area contributed by atoms with Gasteiger partial charge in [0.15, 0.2) is 5.17 Å². The van der Waals surface area contributed by atoms with Crippen LogP contribution in [0, 0.1) is 11.7 Å². The number of hydrogen-bond donors (Lipinski definition) is 2. The van der Waals surface area contributed by atoms with Gasteiger partial charge in [0.1, 0.15) is 17.6 Å². The summed E-state index contributed by atoms with van der Waals surface area (Å²) in [5.41, 5.74) is 5.10. The smallest absolute Gasteiger partial charge is 0.413 e. The molecular formula is C19H25F2N3O2S. The highest BCUT2D eigenvalue weighted by molar-refractivity contribution is 8.13. The van der Waals surface area contributed by atoms with Crippen molar-refractivity contribution < 1.29 is 18.3 Å². The highest BCUT2D eigenvalue weighted by Crippen LogP contribution is 2.50. The van der Waals surface area contributed by atoms with Crippen molar-refractivity contribution >= 4 is 28.7 Å². The average molecular weight is 397 g/mol. The van der Waals surface area contributed by atoms with Crippen molar-refractivity contribution in [2.45, 2.75) is 57.3 Å². The first-order chi connectivity index (χ1) is 12.6.